The van der Waals surface area contributed by atoms with Crippen molar-refractivity contribution in [3.05, 3.63) is 35.4 Å². The summed E-state index contributed by atoms with van der Waals surface area (Å²) in [5.74, 6) is 2.61. The van der Waals surface area contributed by atoms with E-state index in [-0.39, 0.29) is 0 Å². The van der Waals surface area contributed by atoms with Gasteiger partial charge < -0.3 is 0 Å². The number of halogens is 1. The third-order valence-electron chi connectivity index (χ3n) is 1.48. The average molecular weight is 209 g/mol. The molecule has 0 aromatic heterocycles. The highest BCUT2D eigenvalue weighted by atomic mass is 79.9. The molecule has 0 heterocycles. The zero-order valence-electron chi connectivity index (χ0n) is 6.18. The third-order valence-corrected chi connectivity index (χ3v) is 1.87. The molecule has 1 aromatic rings. The SMILES string of the molecule is C#Cc1cccc(CCBr)c1. The van der Waals surface area contributed by atoms with Crippen molar-refractivity contribution in [1.29, 1.82) is 0 Å². The number of hydrogen-bond donors (Lipinski definition) is 0. The molecule has 0 aliphatic heterocycles. The molecular formula is C10H9Br. The maximum absolute atomic E-state index is 5.25. The predicted octanol–water partition coefficient (Wildman–Crippen LogP) is 2.61. The van der Waals surface area contributed by atoms with Crippen LogP contribution in [-0.4, -0.2) is 5.33 Å². The summed E-state index contributed by atoms with van der Waals surface area (Å²) in [5, 5.41) is 0.987. The van der Waals surface area contributed by atoms with Crippen LogP contribution in [0.3, 0.4) is 0 Å². The first kappa shape index (κ1) is 8.36. The highest BCUT2D eigenvalue weighted by molar-refractivity contribution is 9.09. The monoisotopic (exact) mass is 208 g/mol. The molecule has 1 aromatic carbocycles. The summed E-state index contributed by atoms with van der Waals surface area (Å²) in [7, 11) is 0. The average Bonchev–Trinajstić information content (AvgIpc) is 2.06. The van der Waals surface area contributed by atoms with Crippen molar-refractivity contribution in [2.24, 2.45) is 0 Å². The summed E-state index contributed by atoms with van der Waals surface area (Å²) in [6.45, 7) is 0. The second-order valence-electron chi connectivity index (χ2n) is 2.28. The minimum atomic E-state index is 0.962. The maximum Gasteiger partial charge on any atom is 0.0245 e. The van der Waals surface area contributed by atoms with Crippen LogP contribution < -0.4 is 0 Å². The molecule has 0 nitrogen and oxygen atoms in total. The third kappa shape index (κ3) is 2.40. The van der Waals surface area contributed by atoms with Gasteiger partial charge in [-0.3, -0.25) is 0 Å². The van der Waals surface area contributed by atoms with Crippen molar-refractivity contribution in [2.45, 2.75) is 6.42 Å². The van der Waals surface area contributed by atoms with Crippen LogP contribution in [0.25, 0.3) is 0 Å². The smallest absolute Gasteiger partial charge is 0.0245 e. The summed E-state index contributed by atoms with van der Waals surface area (Å²) >= 11 is 3.38. The molecule has 0 saturated heterocycles. The number of benzene rings is 1. The summed E-state index contributed by atoms with van der Waals surface area (Å²) in [4.78, 5) is 0. The van der Waals surface area contributed by atoms with Gasteiger partial charge in [-0.2, -0.15) is 0 Å². The molecule has 0 bridgehead atoms. The van der Waals surface area contributed by atoms with Crippen LogP contribution in [0.2, 0.25) is 0 Å². The highest BCUT2D eigenvalue weighted by Gasteiger charge is 1.91. The van der Waals surface area contributed by atoms with E-state index in [1.54, 1.807) is 0 Å². The summed E-state index contributed by atoms with van der Waals surface area (Å²) in [6.07, 6.45) is 6.29. The molecule has 0 radical (unpaired) electrons. The van der Waals surface area contributed by atoms with Crippen LogP contribution in [0.15, 0.2) is 24.3 Å². The van der Waals surface area contributed by atoms with Gasteiger partial charge in [0.15, 0.2) is 0 Å². The lowest BCUT2D eigenvalue weighted by molar-refractivity contribution is 1.17. The first-order valence-electron chi connectivity index (χ1n) is 3.48. The van der Waals surface area contributed by atoms with Gasteiger partial charge in [0.25, 0.3) is 0 Å². The molecule has 1 rings (SSSR count). The largest absolute Gasteiger partial charge is 0.115 e. The fraction of sp³-hybridized carbons (Fsp3) is 0.200. The fourth-order valence-electron chi connectivity index (χ4n) is 0.926. The van der Waals surface area contributed by atoms with Crippen molar-refractivity contribution in [3.8, 4) is 12.3 Å². The quantitative estimate of drug-likeness (QED) is 0.518. The zero-order valence-corrected chi connectivity index (χ0v) is 7.76. The van der Waals surface area contributed by atoms with Crippen molar-refractivity contribution in [2.75, 3.05) is 5.33 Å². The second-order valence-corrected chi connectivity index (χ2v) is 3.08. The van der Waals surface area contributed by atoms with Gasteiger partial charge >= 0.3 is 0 Å². The van der Waals surface area contributed by atoms with Crippen molar-refractivity contribution >= 4 is 15.9 Å². The molecule has 11 heavy (non-hydrogen) atoms. The van der Waals surface area contributed by atoms with Crippen molar-refractivity contribution in [1.82, 2.24) is 0 Å². The summed E-state index contributed by atoms with van der Waals surface area (Å²) in [5.41, 5.74) is 2.25. The number of alkyl halides is 1. The van der Waals surface area contributed by atoms with Gasteiger partial charge in [-0.25, -0.2) is 0 Å². The van der Waals surface area contributed by atoms with Crippen LogP contribution in [0.4, 0.5) is 0 Å². The van der Waals surface area contributed by atoms with Gasteiger partial charge in [0.05, 0.1) is 0 Å². The first-order valence-corrected chi connectivity index (χ1v) is 4.60. The normalized spacial score (nSPS) is 9.09. The maximum atomic E-state index is 5.25. The van der Waals surface area contributed by atoms with Crippen LogP contribution in [-0.2, 0) is 6.42 Å². The molecular weight excluding hydrogens is 200 g/mol. The lowest BCUT2D eigenvalue weighted by Crippen LogP contribution is -1.85. The van der Waals surface area contributed by atoms with E-state index in [1.807, 2.05) is 18.2 Å². The standard InChI is InChI=1S/C10H9Br/c1-2-9-4-3-5-10(8-9)6-7-11/h1,3-5,8H,6-7H2. The molecule has 0 unspecified atom stereocenters. The first-order chi connectivity index (χ1) is 5.36. The Morgan fingerprint density at radius 3 is 2.91 bits per heavy atom. The Labute approximate surface area is 75.8 Å². The molecule has 0 aliphatic carbocycles. The van der Waals surface area contributed by atoms with E-state index in [4.69, 9.17) is 6.42 Å². The van der Waals surface area contributed by atoms with Gasteiger partial charge in [0.2, 0.25) is 0 Å². The molecule has 0 atom stereocenters. The van der Waals surface area contributed by atoms with Crippen LogP contribution in [0, 0.1) is 12.3 Å². The van der Waals surface area contributed by atoms with E-state index in [0.717, 1.165) is 17.3 Å². The van der Waals surface area contributed by atoms with Crippen LogP contribution >= 0.6 is 15.9 Å². The van der Waals surface area contributed by atoms with Crippen molar-refractivity contribution < 1.29 is 0 Å². The van der Waals surface area contributed by atoms with E-state index < -0.39 is 0 Å². The minimum Gasteiger partial charge on any atom is -0.115 e. The number of aryl methyl sites for hydroxylation is 1. The predicted molar refractivity (Wildman–Crippen MR) is 51.9 cm³/mol. The van der Waals surface area contributed by atoms with E-state index >= 15 is 0 Å². The molecule has 1 heteroatoms. The van der Waals surface area contributed by atoms with E-state index in [1.165, 1.54) is 5.56 Å². The van der Waals surface area contributed by atoms with Gasteiger partial charge in [-0.15, -0.1) is 6.42 Å². The Morgan fingerprint density at radius 2 is 2.27 bits per heavy atom. The highest BCUT2D eigenvalue weighted by Crippen LogP contribution is 2.05. The minimum absolute atomic E-state index is 0.962. The summed E-state index contributed by atoms with van der Waals surface area (Å²) < 4.78 is 0. The van der Waals surface area contributed by atoms with Gasteiger partial charge in [0.1, 0.15) is 0 Å². The molecule has 0 N–H and O–H groups in total. The van der Waals surface area contributed by atoms with Crippen molar-refractivity contribution in [3.63, 3.8) is 0 Å². The fourth-order valence-corrected chi connectivity index (χ4v) is 1.38. The Balaban J connectivity index is 2.85. The lowest BCUT2D eigenvalue weighted by Gasteiger charge is -1.97. The molecule has 0 amide bonds. The number of terminal acetylenes is 1. The zero-order chi connectivity index (χ0) is 8.10. The van der Waals surface area contributed by atoms with E-state index in [0.29, 0.717) is 0 Å². The second kappa shape index (κ2) is 4.20. The van der Waals surface area contributed by atoms with Gasteiger partial charge in [-0.05, 0) is 24.1 Å². The Hall–Kier alpha value is -0.740. The molecule has 56 valence electrons. The molecule has 0 saturated carbocycles. The van der Waals surface area contributed by atoms with Gasteiger partial charge in [0, 0.05) is 10.9 Å². The molecule has 0 fully saturated rings. The molecule has 0 aliphatic rings. The Kier molecular flexibility index (Phi) is 3.19. The number of hydrogen-bond acceptors (Lipinski definition) is 0. The van der Waals surface area contributed by atoms with E-state index in [2.05, 4.69) is 27.9 Å². The van der Waals surface area contributed by atoms with Gasteiger partial charge in [-0.1, -0.05) is 34.0 Å². The molecule has 0 spiro atoms. The number of rotatable bonds is 2. The Bertz CT molecular complexity index is 270. The Morgan fingerprint density at radius 1 is 1.45 bits per heavy atom. The van der Waals surface area contributed by atoms with Crippen LogP contribution in [0.5, 0.6) is 0 Å². The van der Waals surface area contributed by atoms with Crippen LogP contribution in [0.1, 0.15) is 11.1 Å². The lowest BCUT2D eigenvalue weighted by atomic mass is 10.1. The van der Waals surface area contributed by atoms with E-state index in [9.17, 15) is 0 Å². The topological polar surface area (TPSA) is 0 Å². The summed E-state index contributed by atoms with van der Waals surface area (Å²) in [6, 6.07) is 8.06.